The number of nitrogens with one attached hydrogen (secondary N) is 1. The lowest BCUT2D eigenvalue weighted by Gasteiger charge is -2.30. The third-order valence-electron chi connectivity index (χ3n) is 5.91. The van der Waals surface area contributed by atoms with Crippen molar-refractivity contribution in [3.63, 3.8) is 0 Å². The van der Waals surface area contributed by atoms with E-state index in [4.69, 9.17) is 4.99 Å². The molecule has 0 heterocycles. The summed E-state index contributed by atoms with van der Waals surface area (Å²) in [4.78, 5) is 5.03. The number of allylic oxidation sites excluding steroid dienone is 4. The minimum absolute atomic E-state index is 0.0486. The molecule has 2 heteroatoms. The smallest absolute Gasteiger partial charge is 0.0631 e. The van der Waals surface area contributed by atoms with E-state index >= 15 is 0 Å². The summed E-state index contributed by atoms with van der Waals surface area (Å²) in [6.45, 7) is 21.8. The van der Waals surface area contributed by atoms with Crippen molar-refractivity contribution in [1.29, 1.82) is 0 Å². The number of hydrogen-bond donors (Lipinski definition) is 1. The second kappa shape index (κ2) is 9.05. The number of aryl methyl sites for hydroxylation is 1. The van der Waals surface area contributed by atoms with Gasteiger partial charge in [0.25, 0.3) is 0 Å². The van der Waals surface area contributed by atoms with Crippen LogP contribution in [-0.4, -0.2) is 12.3 Å². The highest BCUT2D eigenvalue weighted by molar-refractivity contribution is 5.99. The molecule has 2 nitrogen and oxygen atoms in total. The van der Waals surface area contributed by atoms with Crippen LogP contribution in [0.25, 0.3) is 0 Å². The minimum atomic E-state index is -0.0486. The Bertz CT molecular complexity index is 876. The first-order valence-corrected chi connectivity index (χ1v) is 10.0. The van der Waals surface area contributed by atoms with Crippen LogP contribution in [0.2, 0.25) is 0 Å². The second-order valence-electron chi connectivity index (χ2n) is 7.67. The molecule has 1 aromatic rings. The van der Waals surface area contributed by atoms with Crippen LogP contribution in [0.5, 0.6) is 0 Å². The van der Waals surface area contributed by atoms with Crippen LogP contribution in [0.3, 0.4) is 0 Å². The summed E-state index contributed by atoms with van der Waals surface area (Å²) in [5.41, 5.74) is 9.17. The summed E-state index contributed by atoms with van der Waals surface area (Å²) in [6.07, 6.45) is 7.25. The molecule has 1 unspecified atom stereocenters. The van der Waals surface area contributed by atoms with Gasteiger partial charge in [-0.15, -0.1) is 6.58 Å². The molecule has 0 fully saturated rings. The maximum Gasteiger partial charge on any atom is 0.0631 e. The molecule has 2 rings (SSSR count). The molecule has 0 aromatic heterocycles. The van der Waals surface area contributed by atoms with Crippen molar-refractivity contribution in [2.75, 3.05) is 6.54 Å². The lowest BCUT2D eigenvalue weighted by molar-refractivity contribution is 0.473. The Morgan fingerprint density at radius 2 is 1.86 bits per heavy atom. The van der Waals surface area contributed by atoms with Gasteiger partial charge in [-0.25, -0.2) is 0 Å². The van der Waals surface area contributed by atoms with Crippen molar-refractivity contribution in [2.24, 2.45) is 10.4 Å². The van der Waals surface area contributed by atoms with Crippen molar-refractivity contribution in [3.05, 3.63) is 94.9 Å². The van der Waals surface area contributed by atoms with E-state index in [1.165, 1.54) is 22.3 Å². The molecule has 148 valence electrons. The van der Waals surface area contributed by atoms with Crippen molar-refractivity contribution in [2.45, 2.75) is 48.0 Å². The lowest BCUT2D eigenvalue weighted by atomic mass is 9.75. The van der Waals surface area contributed by atoms with Gasteiger partial charge in [-0.1, -0.05) is 68.0 Å². The van der Waals surface area contributed by atoms with E-state index in [-0.39, 0.29) is 5.41 Å². The lowest BCUT2D eigenvalue weighted by Crippen LogP contribution is -2.19. The van der Waals surface area contributed by atoms with Crippen LogP contribution in [0.15, 0.2) is 88.8 Å². The first-order chi connectivity index (χ1) is 13.3. The van der Waals surface area contributed by atoms with E-state index in [0.717, 1.165) is 29.1 Å². The summed E-state index contributed by atoms with van der Waals surface area (Å²) in [5.74, 6) is 0. The van der Waals surface area contributed by atoms with Gasteiger partial charge in [-0.05, 0) is 56.9 Å². The van der Waals surface area contributed by atoms with E-state index in [9.17, 15) is 0 Å². The van der Waals surface area contributed by atoms with Gasteiger partial charge in [-0.3, -0.25) is 4.99 Å². The highest BCUT2D eigenvalue weighted by atomic mass is 14.9. The van der Waals surface area contributed by atoms with Crippen LogP contribution in [0.1, 0.15) is 52.2 Å². The molecular formula is C26H34N2. The molecule has 0 saturated heterocycles. The third kappa shape index (κ3) is 4.27. The molecule has 28 heavy (non-hydrogen) atoms. The van der Waals surface area contributed by atoms with Crippen LogP contribution in [0.4, 0.5) is 0 Å². The first kappa shape index (κ1) is 21.7. The Morgan fingerprint density at radius 3 is 2.39 bits per heavy atom. The van der Waals surface area contributed by atoms with Crippen LogP contribution in [-0.2, 0) is 0 Å². The fourth-order valence-corrected chi connectivity index (χ4v) is 3.65. The molecule has 1 aliphatic carbocycles. The largest absolute Gasteiger partial charge is 0.382 e. The van der Waals surface area contributed by atoms with E-state index < -0.39 is 0 Å². The Labute approximate surface area is 171 Å². The third-order valence-corrected chi connectivity index (χ3v) is 5.91. The number of aliphatic imine (C=N–C) groups is 1. The number of nitrogens with zero attached hydrogens (tertiary/aromatic N) is 1. The van der Waals surface area contributed by atoms with Crippen molar-refractivity contribution < 1.29 is 0 Å². The number of rotatable bonds is 8. The quantitative estimate of drug-likeness (QED) is 0.399. The molecule has 0 spiro atoms. The fraction of sp³-hybridized carbons (Fsp3) is 0.346. The van der Waals surface area contributed by atoms with Gasteiger partial charge in [0, 0.05) is 23.4 Å². The molecular weight excluding hydrogens is 340 g/mol. The maximum atomic E-state index is 5.03. The van der Waals surface area contributed by atoms with Gasteiger partial charge in [0.15, 0.2) is 0 Å². The molecule has 0 bridgehead atoms. The summed E-state index contributed by atoms with van der Waals surface area (Å²) < 4.78 is 0. The van der Waals surface area contributed by atoms with Gasteiger partial charge in [-0.2, -0.15) is 0 Å². The highest BCUT2D eigenvalue weighted by Crippen LogP contribution is 2.49. The van der Waals surface area contributed by atoms with E-state index in [2.05, 4.69) is 96.4 Å². The second-order valence-corrected chi connectivity index (χ2v) is 7.67. The summed E-state index contributed by atoms with van der Waals surface area (Å²) in [6, 6.07) is 8.54. The van der Waals surface area contributed by atoms with Gasteiger partial charge >= 0.3 is 0 Å². The summed E-state index contributed by atoms with van der Waals surface area (Å²) in [7, 11) is 0. The van der Waals surface area contributed by atoms with Crippen LogP contribution < -0.4 is 5.32 Å². The van der Waals surface area contributed by atoms with Crippen LogP contribution >= 0.6 is 0 Å². The normalized spacial score (nSPS) is 20.3. The standard InChI is InChI=1S/C26H34N2/c1-9-16-27-21(7)23-17-24(26(8,11-3)19(23)5)25(10-2)28-20(6)22-14-12-18(4)13-15-22/h9-10,12-15,17,27H,1,7,11,16H2,2-6,8H3/b25-10-,28-20?. The molecule has 1 aliphatic rings. The number of hydrogen-bond acceptors (Lipinski definition) is 2. The average Bonchev–Trinajstić information content (AvgIpc) is 2.96. The molecule has 0 aliphatic heterocycles. The Hall–Kier alpha value is -2.61. The van der Waals surface area contributed by atoms with Crippen molar-refractivity contribution >= 4 is 5.71 Å². The van der Waals surface area contributed by atoms with Gasteiger partial charge in [0.2, 0.25) is 0 Å². The molecule has 1 atom stereocenters. The monoisotopic (exact) mass is 374 g/mol. The number of benzene rings is 1. The van der Waals surface area contributed by atoms with Crippen molar-refractivity contribution in [3.8, 4) is 0 Å². The van der Waals surface area contributed by atoms with Crippen molar-refractivity contribution in [1.82, 2.24) is 5.32 Å². The molecule has 1 aromatic carbocycles. The zero-order valence-electron chi connectivity index (χ0n) is 18.3. The fourth-order valence-electron chi connectivity index (χ4n) is 3.65. The summed E-state index contributed by atoms with van der Waals surface area (Å²) in [5, 5.41) is 3.35. The molecule has 0 saturated carbocycles. The highest BCUT2D eigenvalue weighted by Gasteiger charge is 2.37. The zero-order valence-corrected chi connectivity index (χ0v) is 18.3. The maximum absolute atomic E-state index is 5.03. The molecule has 0 radical (unpaired) electrons. The minimum Gasteiger partial charge on any atom is -0.382 e. The van der Waals surface area contributed by atoms with Gasteiger partial charge in [0.05, 0.1) is 5.70 Å². The van der Waals surface area contributed by atoms with E-state index in [1.807, 2.05) is 6.08 Å². The SMILES string of the molecule is C=CCNC(=C)C1=C(C)C(C)(CC)C(/C(=C/C)N=C(C)c2ccc(C)cc2)=C1. The molecule has 0 amide bonds. The average molecular weight is 375 g/mol. The predicted molar refractivity (Wildman–Crippen MR) is 124 cm³/mol. The topological polar surface area (TPSA) is 24.4 Å². The Morgan fingerprint density at radius 1 is 1.21 bits per heavy atom. The van der Waals surface area contributed by atoms with E-state index in [0.29, 0.717) is 6.54 Å². The summed E-state index contributed by atoms with van der Waals surface area (Å²) >= 11 is 0. The Balaban J connectivity index is 2.44. The van der Waals surface area contributed by atoms with Gasteiger partial charge < -0.3 is 5.32 Å². The van der Waals surface area contributed by atoms with E-state index in [1.54, 1.807) is 0 Å². The van der Waals surface area contributed by atoms with Crippen LogP contribution in [0, 0.1) is 12.3 Å². The first-order valence-electron chi connectivity index (χ1n) is 10.0. The predicted octanol–water partition coefficient (Wildman–Crippen LogP) is 6.67. The zero-order chi connectivity index (χ0) is 20.9. The molecule has 1 N–H and O–H groups in total. The Kier molecular flexibility index (Phi) is 7.01. The van der Waals surface area contributed by atoms with Gasteiger partial charge in [0.1, 0.15) is 0 Å².